The van der Waals surface area contributed by atoms with E-state index in [9.17, 15) is 13.5 Å². The number of aliphatic hydroxyl groups excluding tert-OH is 1. The summed E-state index contributed by atoms with van der Waals surface area (Å²) in [5.41, 5.74) is -0.0384. The molecule has 1 atom stereocenters. The third-order valence-electron chi connectivity index (χ3n) is 3.57. The fourth-order valence-electron chi connectivity index (χ4n) is 2.03. The first-order chi connectivity index (χ1) is 6.93. The molecule has 1 saturated carbocycles. The van der Waals surface area contributed by atoms with Crippen molar-refractivity contribution in [3.63, 3.8) is 0 Å². The van der Waals surface area contributed by atoms with Gasteiger partial charge in [0.05, 0.1) is 5.75 Å². The second-order valence-corrected chi connectivity index (χ2v) is 7.40. The van der Waals surface area contributed by atoms with Crippen molar-refractivity contribution in [2.75, 3.05) is 18.1 Å². The molecular formula is C11H22O3S. The normalized spacial score (nSPS) is 21.3. The van der Waals surface area contributed by atoms with Crippen molar-refractivity contribution in [2.24, 2.45) is 11.3 Å². The Kier molecular flexibility index (Phi) is 4.18. The maximum Gasteiger partial charge on any atom is 0.150 e. The first-order valence-electron chi connectivity index (χ1n) is 5.75. The van der Waals surface area contributed by atoms with Gasteiger partial charge in [-0.15, -0.1) is 0 Å². The molecule has 0 aromatic rings. The lowest BCUT2D eigenvalue weighted by Crippen LogP contribution is -2.25. The van der Waals surface area contributed by atoms with E-state index in [0.29, 0.717) is 12.3 Å². The van der Waals surface area contributed by atoms with Gasteiger partial charge in [-0.05, 0) is 37.0 Å². The Bertz CT molecular complexity index is 293. The topological polar surface area (TPSA) is 54.4 Å². The summed E-state index contributed by atoms with van der Waals surface area (Å²) in [6.07, 6.45) is 3.90. The number of hydrogen-bond acceptors (Lipinski definition) is 3. The van der Waals surface area contributed by atoms with Crippen molar-refractivity contribution < 1.29 is 13.5 Å². The van der Waals surface area contributed by atoms with E-state index in [2.05, 4.69) is 6.92 Å². The molecule has 0 aromatic carbocycles. The Labute approximate surface area is 92.8 Å². The summed E-state index contributed by atoms with van der Waals surface area (Å²) in [6, 6.07) is 0. The van der Waals surface area contributed by atoms with Crippen LogP contribution in [-0.2, 0) is 9.84 Å². The van der Waals surface area contributed by atoms with Gasteiger partial charge in [-0.2, -0.15) is 0 Å². The highest BCUT2D eigenvalue weighted by atomic mass is 32.2. The van der Waals surface area contributed by atoms with Crippen molar-refractivity contribution in [1.29, 1.82) is 0 Å². The average molecular weight is 234 g/mol. The van der Waals surface area contributed by atoms with Crippen LogP contribution in [0, 0.1) is 11.3 Å². The van der Waals surface area contributed by atoms with Crippen LogP contribution in [0.15, 0.2) is 0 Å². The van der Waals surface area contributed by atoms with E-state index in [0.717, 1.165) is 6.42 Å². The largest absolute Gasteiger partial charge is 0.396 e. The number of sulfone groups is 1. The summed E-state index contributed by atoms with van der Waals surface area (Å²) >= 11 is 0. The molecule has 0 aliphatic heterocycles. The summed E-state index contributed by atoms with van der Waals surface area (Å²) in [7, 11) is -2.84. The van der Waals surface area contributed by atoms with Gasteiger partial charge in [-0.25, -0.2) is 8.42 Å². The molecular weight excluding hydrogens is 212 g/mol. The molecule has 0 spiro atoms. The molecule has 1 N–H and O–H groups in total. The zero-order valence-electron chi connectivity index (χ0n) is 9.70. The molecule has 0 bridgehead atoms. The minimum absolute atomic E-state index is 0.0384. The Morgan fingerprint density at radius 3 is 2.40 bits per heavy atom. The fourth-order valence-corrected chi connectivity index (χ4v) is 2.91. The van der Waals surface area contributed by atoms with E-state index in [4.69, 9.17) is 0 Å². The quantitative estimate of drug-likeness (QED) is 0.728. The summed E-state index contributed by atoms with van der Waals surface area (Å²) < 4.78 is 22.6. The van der Waals surface area contributed by atoms with Gasteiger partial charge >= 0.3 is 0 Å². The van der Waals surface area contributed by atoms with Gasteiger partial charge in [0.2, 0.25) is 0 Å². The minimum atomic E-state index is -2.84. The van der Waals surface area contributed by atoms with E-state index < -0.39 is 9.84 Å². The van der Waals surface area contributed by atoms with E-state index in [1.165, 1.54) is 12.8 Å². The molecule has 0 heterocycles. The van der Waals surface area contributed by atoms with E-state index >= 15 is 0 Å². The van der Waals surface area contributed by atoms with Crippen molar-refractivity contribution in [2.45, 2.75) is 39.5 Å². The molecule has 1 rings (SSSR count). The molecule has 90 valence electrons. The molecule has 0 aromatic heterocycles. The third-order valence-corrected chi connectivity index (χ3v) is 5.36. The SMILES string of the molecule is CCS(=O)(=O)CCCC(C)(CO)C1CC1. The summed E-state index contributed by atoms with van der Waals surface area (Å²) in [6.45, 7) is 3.94. The Morgan fingerprint density at radius 2 is 2.00 bits per heavy atom. The smallest absolute Gasteiger partial charge is 0.150 e. The molecule has 1 unspecified atom stereocenters. The zero-order chi connectivity index (χ0) is 11.5. The van der Waals surface area contributed by atoms with Gasteiger partial charge in [0.1, 0.15) is 9.84 Å². The van der Waals surface area contributed by atoms with Gasteiger partial charge in [-0.3, -0.25) is 0 Å². The zero-order valence-corrected chi connectivity index (χ0v) is 10.5. The van der Waals surface area contributed by atoms with Crippen LogP contribution in [-0.4, -0.2) is 31.6 Å². The van der Waals surface area contributed by atoms with E-state index in [1.54, 1.807) is 6.92 Å². The van der Waals surface area contributed by atoms with Gasteiger partial charge in [-0.1, -0.05) is 13.8 Å². The number of rotatable bonds is 7. The maximum absolute atomic E-state index is 11.3. The monoisotopic (exact) mass is 234 g/mol. The van der Waals surface area contributed by atoms with Crippen molar-refractivity contribution in [3.05, 3.63) is 0 Å². The van der Waals surface area contributed by atoms with Crippen LogP contribution in [0.2, 0.25) is 0 Å². The lowest BCUT2D eigenvalue weighted by atomic mass is 9.81. The molecule has 0 amide bonds. The van der Waals surface area contributed by atoms with Gasteiger partial charge in [0, 0.05) is 12.4 Å². The van der Waals surface area contributed by atoms with Crippen LogP contribution in [0.3, 0.4) is 0 Å². The lowest BCUT2D eigenvalue weighted by Gasteiger charge is -2.27. The standard InChI is InChI=1S/C11H22O3S/c1-3-15(13,14)8-4-7-11(2,9-12)10-5-6-10/h10,12H,3-9H2,1-2H3. The second-order valence-electron chi connectivity index (χ2n) is 4.93. The maximum atomic E-state index is 11.3. The van der Waals surface area contributed by atoms with Crippen LogP contribution < -0.4 is 0 Å². The summed E-state index contributed by atoms with van der Waals surface area (Å²) in [5, 5.41) is 9.33. The summed E-state index contributed by atoms with van der Waals surface area (Å²) in [4.78, 5) is 0. The van der Waals surface area contributed by atoms with Crippen molar-refractivity contribution >= 4 is 9.84 Å². The first-order valence-corrected chi connectivity index (χ1v) is 7.57. The molecule has 1 aliphatic rings. The van der Waals surface area contributed by atoms with Gasteiger partial charge < -0.3 is 5.11 Å². The Morgan fingerprint density at radius 1 is 1.40 bits per heavy atom. The second kappa shape index (κ2) is 4.83. The first kappa shape index (κ1) is 13.0. The van der Waals surface area contributed by atoms with Crippen LogP contribution in [0.1, 0.15) is 39.5 Å². The molecule has 3 nitrogen and oxygen atoms in total. The van der Waals surface area contributed by atoms with Crippen LogP contribution in [0.25, 0.3) is 0 Å². The highest BCUT2D eigenvalue weighted by Crippen LogP contribution is 2.47. The molecule has 0 radical (unpaired) electrons. The Balaban J connectivity index is 2.35. The predicted octanol–water partition coefficient (Wildman–Crippen LogP) is 1.61. The number of aliphatic hydroxyl groups is 1. The molecule has 1 aliphatic carbocycles. The molecule has 0 saturated heterocycles. The lowest BCUT2D eigenvalue weighted by molar-refractivity contribution is 0.109. The molecule has 15 heavy (non-hydrogen) atoms. The minimum Gasteiger partial charge on any atom is -0.396 e. The third kappa shape index (κ3) is 3.76. The predicted molar refractivity (Wildman–Crippen MR) is 61.5 cm³/mol. The summed E-state index contributed by atoms with van der Waals surface area (Å²) in [5.74, 6) is 1.12. The van der Waals surface area contributed by atoms with Crippen LogP contribution >= 0.6 is 0 Å². The van der Waals surface area contributed by atoms with Crippen LogP contribution in [0.5, 0.6) is 0 Å². The highest BCUT2D eigenvalue weighted by molar-refractivity contribution is 7.91. The highest BCUT2D eigenvalue weighted by Gasteiger charge is 2.40. The van der Waals surface area contributed by atoms with Crippen LogP contribution in [0.4, 0.5) is 0 Å². The molecule has 4 heteroatoms. The molecule has 1 fully saturated rings. The van der Waals surface area contributed by atoms with Gasteiger partial charge in [0.25, 0.3) is 0 Å². The van der Waals surface area contributed by atoms with Gasteiger partial charge in [0.15, 0.2) is 0 Å². The fraction of sp³-hybridized carbons (Fsp3) is 1.00. The van der Waals surface area contributed by atoms with Crippen molar-refractivity contribution in [1.82, 2.24) is 0 Å². The number of hydrogen-bond donors (Lipinski definition) is 1. The van der Waals surface area contributed by atoms with E-state index in [1.807, 2.05) is 0 Å². The van der Waals surface area contributed by atoms with Crippen molar-refractivity contribution in [3.8, 4) is 0 Å². The average Bonchev–Trinajstić information content (AvgIpc) is 3.01. The Hall–Kier alpha value is -0.0900. The van der Waals surface area contributed by atoms with E-state index in [-0.39, 0.29) is 23.5 Å².